The van der Waals surface area contributed by atoms with Gasteiger partial charge in [0.05, 0.1) is 11.3 Å². The van der Waals surface area contributed by atoms with Crippen molar-refractivity contribution in [3.05, 3.63) is 59.7 Å². The summed E-state index contributed by atoms with van der Waals surface area (Å²) in [5.74, 6) is -1.12. The molecule has 0 aliphatic carbocycles. The van der Waals surface area contributed by atoms with Gasteiger partial charge in [0, 0.05) is 17.7 Å². The average molecular weight is 365 g/mol. The molecule has 0 fully saturated rings. The van der Waals surface area contributed by atoms with Crippen LogP contribution in [-0.4, -0.2) is 29.5 Å². The molecule has 1 atom stereocenters. The molecule has 138 valence electrons. The second kappa shape index (κ2) is 7.82. The number of hydrogen-bond acceptors (Lipinski definition) is 4. The van der Waals surface area contributed by atoms with Crippen LogP contribution in [0.5, 0.6) is 0 Å². The molecule has 0 spiro atoms. The van der Waals surface area contributed by atoms with Crippen molar-refractivity contribution in [1.82, 2.24) is 5.32 Å². The molecule has 7 nitrogen and oxygen atoms in total. The van der Waals surface area contributed by atoms with Gasteiger partial charge >= 0.3 is 0 Å². The van der Waals surface area contributed by atoms with Crippen molar-refractivity contribution in [3.8, 4) is 0 Å². The molecule has 3 amide bonds. The quantitative estimate of drug-likeness (QED) is 0.708. The zero-order valence-corrected chi connectivity index (χ0v) is 14.7. The van der Waals surface area contributed by atoms with E-state index in [1.165, 1.54) is 6.92 Å². The van der Waals surface area contributed by atoms with Gasteiger partial charge in [-0.2, -0.15) is 0 Å². The molecule has 3 N–H and O–H groups in total. The highest BCUT2D eigenvalue weighted by atomic mass is 16.2. The third kappa shape index (κ3) is 4.38. The maximum absolute atomic E-state index is 12.3. The highest BCUT2D eigenvalue weighted by Crippen LogP contribution is 2.19. The summed E-state index contributed by atoms with van der Waals surface area (Å²) in [6.07, 6.45) is 0.197. The van der Waals surface area contributed by atoms with E-state index in [0.29, 0.717) is 22.5 Å². The van der Waals surface area contributed by atoms with Crippen LogP contribution in [0.2, 0.25) is 0 Å². The van der Waals surface area contributed by atoms with Crippen LogP contribution in [0.3, 0.4) is 0 Å². The summed E-state index contributed by atoms with van der Waals surface area (Å²) < 4.78 is 0. The fourth-order valence-corrected chi connectivity index (χ4v) is 2.83. The first-order valence-corrected chi connectivity index (χ1v) is 8.55. The zero-order valence-electron chi connectivity index (χ0n) is 14.7. The van der Waals surface area contributed by atoms with Gasteiger partial charge < -0.3 is 16.0 Å². The monoisotopic (exact) mass is 365 g/mol. The number of rotatable bonds is 5. The van der Waals surface area contributed by atoms with E-state index >= 15 is 0 Å². The highest BCUT2D eigenvalue weighted by molar-refractivity contribution is 6.10. The van der Waals surface area contributed by atoms with Crippen molar-refractivity contribution in [2.45, 2.75) is 25.8 Å². The molecule has 3 rings (SSSR count). The molecule has 0 saturated carbocycles. The van der Waals surface area contributed by atoms with E-state index in [1.807, 2.05) is 0 Å². The number of fused-ring (bicyclic) bond motifs is 1. The molecule has 0 aromatic heterocycles. The summed E-state index contributed by atoms with van der Waals surface area (Å²) >= 11 is 0. The van der Waals surface area contributed by atoms with Crippen molar-refractivity contribution in [2.75, 3.05) is 10.6 Å². The lowest BCUT2D eigenvalue weighted by Gasteiger charge is -2.14. The van der Waals surface area contributed by atoms with E-state index in [4.69, 9.17) is 0 Å². The Kier molecular flexibility index (Phi) is 5.30. The molecule has 2 aromatic carbocycles. The van der Waals surface area contributed by atoms with Crippen LogP contribution in [-0.2, 0) is 9.59 Å². The second-order valence-corrected chi connectivity index (χ2v) is 6.28. The Labute approximate surface area is 156 Å². The van der Waals surface area contributed by atoms with Gasteiger partial charge in [0.25, 0.3) is 5.91 Å². The molecule has 0 saturated heterocycles. The Hall–Kier alpha value is -3.48. The number of carbonyl (C=O) groups is 4. The van der Waals surface area contributed by atoms with Crippen LogP contribution in [0.25, 0.3) is 0 Å². The average Bonchev–Trinajstić information content (AvgIpc) is 2.76. The van der Waals surface area contributed by atoms with Crippen LogP contribution in [0.1, 0.15) is 40.5 Å². The normalized spacial score (nSPS) is 15.8. The predicted molar refractivity (Wildman–Crippen MR) is 101 cm³/mol. The number of nitrogens with one attached hydrogen (secondary N) is 3. The number of benzene rings is 2. The lowest BCUT2D eigenvalue weighted by atomic mass is 10.1. The standard InChI is InChI=1S/C20H19N3O4/c1-12(24)13-5-4-6-14(11-13)21-18(25)10-9-17-20(27)22-16-8-3-2-7-15(16)19(26)23-17/h2-8,11,17H,9-10H2,1H3,(H,21,25)(H,22,27)(H,23,26)/t17-/m1/s1. The van der Waals surface area contributed by atoms with Gasteiger partial charge in [0.1, 0.15) is 6.04 Å². The van der Waals surface area contributed by atoms with Gasteiger partial charge in [-0.15, -0.1) is 0 Å². The van der Waals surface area contributed by atoms with Crippen LogP contribution in [0.15, 0.2) is 48.5 Å². The molecule has 0 bridgehead atoms. The van der Waals surface area contributed by atoms with E-state index < -0.39 is 6.04 Å². The first-order valence-electron chi connectivity index (χ1n) is 8.55. The van der Waals surface area contributed by atoms with Gasteiger partial charge in [-0.25, -0.2) is 0 Å². The number of hydrogen-bond donors (Lipinski definition) is 3. The summed E-state index contributed by atoms with van der Waals surface area (Å²) in [6, 6.07) is 12.6. The molecule has 1 aliphatic rings. The van der Waals surface area contributed by atoms with Gasteiger partial charge in [-0.05, 0) is 37.6 Å². The second-order valence-electron chi connectivity index (χ2n) is 6.28. The van der Waals surface area contributed by atoms with Crippen LogP contribution < -0.4 is 16.0 Å². The topological polar surface area (TPSA) is 104 Å². The molecule has 2 aromatic rings. The minimum Gasteiger partial charge on any atom is -0.340 e. The lowest BCUT2D eigenvalue weighted by Crippen LogP contribution is -2.41. The minimum atomic E-state index is -0.806. The maximum Gasteiger partial charge on any atom is 0.254 e. The highest BCUT2D eigenvalue weighted by Gasteiger charge is 2.27. The lowest BCUT2D eigenvalue weighted by molar-refractivity contribution is -0.118. The zero-order chi connectivity index (χ0) is 19.4. The van der Waals surface area contributed by atoms with Gasteiger partial charge in [-0.3, -0.25) is 19.2 Å². The van der Waals surface area contributed by atoms with E-state index in [0.717, 1.165) is 0 Å². The number of anilines is 2. The fourth-order valence-electron chi connectivity index (χ4n) is 2.83. The molecule has 27 heavy (non-hydrogen) atoms. The van der Waals surface area contributed by atoms with Crippen LogP contribution >= 0.6 is 0 Å². The first kappa shape index (κ1) is 18.3. The maximum atomic E-state index is 12.3. The van der Waals surface area contributed by atoms with E-state index in [-0.39, 0.29) is 36.3 Å². The van der Waals surface area contributed by atoms with Crippen LogP contribution in [0.4, 0.5) is 11.4 Å². The smallest absolute Gasteiger partial charge is 0.254 e. The van der Waals surface area contributed by atoms with Crippen molar-refractivity contribution in [3.63, 3.8) is 0 Å². The summed E-state index contributed by atoms with van der Waals surface area (Å²) in [5, 5.41) is 8.06. The molecule has 1 heterocycles. The van der Waals surface area contributed by atoms with Gasteiger partial charge in [0.15, 0.2) is 5.78 Å². The Morgan fingerprint density at radius 1 is 1.07 bits per heavy atom. The van der Waals surface area contributed by atoms with Gasteiger partial charge in [-0.1, -0.05) is 24.3 Å². The number of ketones is 1. The Morgan fingerprint density at radius 2 is 1.85 bits per heavy atom. The Morgan fingerprint density at radius 3 is 2.63 bits per heavy atom. The van der Waals surface area contributed by atoms with Gasteiger partial charge in [0.2, 0.25) is 11.8 Å². The molecule has 0 radical (unpaired) electrons. The van der Waals surface area contributed by atoms with Crippen molar-refractivity contribution < 1.29 is 19.2 Å². The summed E-state index contributed by atoms with van der Waals surface area (Å²) in [6.45, 7) is 1.45. The van der Waals surface area contributed by atoms with E-state index in [9.17, 15) is 19.2 Å². The fraction of sp³-hybridized carbons (Fsp3) is 0.200. The minimum absolute atomic E-state index is 0.0407. The van der Waals surface area contributed by atoms with Crippen molar-refractivity contribution in [1.29, 1.82) is 0 Å². The number of amides is 3. The summed E-state index contributed by atoms with van der Waals surface area (Å²) in [4.78, 5) is 48.2. The van der Waals surface area contributed by atoms with Crippen molar-refractivity contribution >= 4 is 34.9 Å². The summed E-state index contributed by atoms with van der Waals surface area (Å²) in [5.41, 5.74) is 1.85. The van der Waals surface area contributed by atoms with E-state index in [1.54, 1.807) is 48.5 Å². The number of carbonyl (C=O) groups excluding carboxylic acids is 4. The molecule has 0 unspecified atom stereocenters. The predicted octanol–water partition coefficient (Wildman–Crippen LogP) is 2.36. The first-order chi connectivity index (χ1) is 12.9. The molecular formula is C20H19N3O4. The van der Waals surface area contributed by atoms with Crippen molar-refractivity contribution in [2.24, 2.45) is 0 Å². The largest absolute Gasteiger partial charge is 0.340 e. The third-order valence-electron chi connectivity index (χ3n) is 4.26. The Bertz CT molecular complexity index is 923. The molecular weight excluding hydrogens is 346 g/mol. The number of Topliss-reactive ketones (excluding diaryl/α,β-unsaturated/α-hetero) is 1. The molecule has 7 heteroatoms. The van der Waals surface area contributed by atoms with E-state index in [2.05, 4.69) is 16.0 Å². The number of para-hydroxylation sites is 1. The third-order valence-corrected chi connectivity index (χ3v) is 4.26. The SMILES string of the molecule is CC(=O)c1cccc(NC(=O)CC[C@H]2NC(=O)c3ccccc3NC2=O)c1. The Balaban J connectivity index is 1.60. The molecule has 1 aliphatic heterocycles. The van der Waals surface area contributed by atoms with Crippen LogP contribution in [0, 0.1) is 0 Å². The summed E-state index contributed by atoms with van der Waals surface area (Å²) in [7, 11) is 0.